The number of aliphatic hydroxyl groups excluding tert-OH is 2. The van der Waals surface area contributed by atoms with Crippen LogP contribution in [-0.4, -0.2) is 22.9 Å². The zero-order chi connectivity index (χ0) is 17.6. The Kier molecular flexibility index (Phi) is 34.8. The van der Waals surface area contributed by atoms with Crippen LogP contribution in [0.2, 0.25) is 0 Å². The molecule has 0 radical (unpaired) electrons. The minimum Gasteiger partial charge on any atom is -0.396 e. The second-order valence-electron chi connectivity index (χ2n) is 7.12. The van der Waals surface area contributed by atoms with Gasteiger partial charge in [-0.1, -0.05) is 103 Å². The summed E-state index contributed by atoms with van der Waals surface area (Å²) in [5.41, 5.74) is 0. The molecule has 0 saturated heterocycles. The summed E-state index contributed by atoms with van der Waals surface area (Å²) in [6.07, 6.45) is 22.0. The molecule has 0 amide bonds. The van der Waals surface area contributed by atoms with E-state index >= 15 is 0 Å². The second-order valence-corrected chi connectivity index (χ2v) is 7.12. The summed E-state index contributed by atoms with van der Waals surface area (Å²) in [6.45, 7) is 6.10. The molecule has 0 fully saturated rings. The molecule has 0 atom stereocenters. The summed E-state index contributed by atoms with van der Waals surface area (Å²) in [5, 5.41) is 16.7. The first-order valence-electron chi connectivity index (χ1n) is 10.4. The van der Waals surface area contributed by atoms with E-state index in [1.807, 2.05) is 0 Å². The Bertz CT molecular complexity index is 168. The van der Waals surface area contributed by atoms with Crippen molar-refractivity contribution in [3.63, 3.8) is 0 Å². The van der Waals surface area contributed by atoms with Gasteiger partial charge in [0, 0.05) is 34.4 Å². The molecule has 0 spiro atoms. The average Bonchev–Trinajstić information content (AvgIpc) is 2.50. The Balaban J connectivity index is -0.000000787. The number of aliphatic hydroxyl groups is 2. The maximum absolute atomic E-state index is 8.67. The Labute approximate surface area is 168 Å². The van der Waals surface area contributed by atoms with Crippen molar-refractivity contribution in [2.45, 2.75) is 130 Å². The van der Waals surface area contributed by atoms with E-state index in [1.165, 1.54) is 96.3 Å². The monoisotopic (exact) mass is 378 g/mol. The van der Waals surface area contributed by atoms with Crippen LogP contribution in [0.3, 0.4) is 0 Å². The van der Waals surface area contributed by atoms with Crippen molar-refractivity contribution in [1.82, 2.24) is 0 Å². The van der Waals surface area contributed by atoms with Crippen molar-refractivity contribution in [1.29, 1.82) is 0 Å². The van der Waals surface area contributed by atoms with Gasteiger partial charge in [0.25, 0.3) is 0 Å². The molecular formula is C21H46O2Ti. The fourth-order valence-electron chi connectivity index (χ4n) is 2.66. The Morgan fingerprint density at radius 3 is 0.958 bits per heavy atom. The van der Waals surface area contributed by atoms with Gasteiger partial charge < -0.3 is 10.2 Å². The van der Waals surface area contributed by atoms with Crippen LogP contribution in [0.1, 0.15) is 124 Å². The molecular weight excluding hydrogens is 332 g/mol. The summed E-state index contributed by atoms with van der Waals surface area (Å²) in [5.74, 6) is 0. The van der Waals surface area contributed by atoms with Gasteiger partial charge in [0.1, 0.15) is 0 Å². The van der Waals surface area contributed by atoms with Crippen molar-refractivity contribution in [3.8, 4) is 0 Å². The Hall–Kier alpha value is 0.634. The van der Waals surface area contributed by atoms with E-state index < -0.39 is 0 Å². The predicted molar refractivity (Wildman–Crippen MR) is 104 cm³/mol. The molecule has 3 heteroatoms. The summed E-state index contributed by atoms with van der Waals surface area (Å²) >= 11 is 0. The molecule has 0 aliphatic rings. The standard InChI is InChI=1S/C18H38O.C3H8O.Ti/c1-2-3-4-5-6-7-8-9-10-11-12-13-14-15-16-17-18-19;1-3(2)4;/h19H,2-18H2,1H3;3-4H,1-2H3;. The molecule has 0 bridgehead atoms. The van der Waals surface area contributed by atoms with Crippen molar-refractivity contribution in [2.75, 3.05) is 6.61 Å². The molecule has 0 heterocycles. The van der Waals surface area contributed by atoms with Crippen molar-refractivity contribution in [2.24, 2.45) is 0 Å². The van der Waals surface area contributed by atoms with E-state index in [9.17, 15) is 0 Å². The van der Waals surface area contributed by atoms with Gasteiger partial charge in [-0.15, -0.1) is 0 Å². The van der Waals surface area contributed by atoms with Crippen LogP contribution in [0.5, 0.6) is 0 Å². The normalized spacial score (nSPS) is 10.2. The Morgan fingerprint density at radius 2 is 0.750 bits per heavy atom. The number of unbranched alkanes of at least 4 members (excludes halogenated alkanes) is 15. The molecule has 0 aliphatic heterocycles. The smallest absolute Gasteiger partial charge is 0.0483 e. The number of hydrogen-bond acceptors (Lipinski definition) is 2. The van der Waals surface area contributed by atoms with Gasteiger partial charge >= 0.3 is 0 Å². The van der Waals surface area contributed by atoms with Gasteiger partial charge in [-0.2, -0.15) is 0 Å². The quantitative estimate of drug-likeness (QED) is 0.234. The average molecular weight is 378 g/mol. The summed E-state index contributed by atoms with van der Waals surface area (Å²) < 4.78 is 0. The molecule has 146 valence electrons. The van der Waals surface area contributed by atoms with Crippen LogP contribution in [0.15, 0.2) is 0 Å². The first kappa shape index (κ1) is 29.4. The first-order valence-corrected chi connectivity index (χ1v) is 10.4. The molecule has 0 unspecified atom stereocenters. The predicted octanol–water partition coefficient (Wildman–Crippen LogP) is 6.62. The fourth-order valence-corrected chi connectivity index (χ4v) is 2.66. The maximum Gasteiger partial charge on any atom is 0.0483 e. The molecule has 2 nitrogen and oxygen atoms in total. The minimum absolute atomic E-state index is 0. The van der Waals surface area contributed by atoms with E-state index in [4.69, 9.17) is 10.2 Å². The van der Waals surface area contributed by atoms with E-state index in [-0.39, 0.29) is 27.8 Å². The molecule has 0 aromatic carbocycles. The van der Waals surface area contributed by atoms with Gasteiger partial charge in [-0.05, 0) is 20.3 Å². The Morgan fingerprint density at radius 1 is 0.542 bits per heavy atom. The van der Waals surface area contributed by atoms with Crippen LogP contribution in [0, 0.1) is 0 Å². The van der Waals surface area contributed by atoms with Gasteiger partial charge in [0.2, 0.25) is 0 Å². The zero-order valence-corrected chi connectivity index (χ0v) is 18.6. The fraction of sp³-hybridized carbons (Fsp3) is 1.00. The topological polar surface area (TPSA) is 40.5 Å². The largest absolute Gasteiger partial charge is 0.396 e. The third-order valence-corrected chi connectivity index (χ3v) is 4.01. The third kappa shape index (κ3) is 38.3. The SMILES string of the molecule is CC(C)O.CCCCCCCCCCCCCCCCCCO.[Ti]. The third-order valence-electron chi connectivity index (χ3n) is 4.01. The van der Waals surface area contributed by atoms with E-state index in [1.54, 1.807) is 13.8 Å². The summed E-state index contributed by atoms with van der Waals surface area (Å²) in [6, 6.07) is 0. The van der Waals surface area contributed by atoms with Gasteiger partial charge in [0.15, 0.2) is 0 Å². The van der Waals surface area contributed by atoms with E-state index in [2.05, 4.69) is 6.92 Å². The first-order chi connectivity index (χ1) is 11.1. The van der Waals surface area contributed by atoms with Gasteiger partial charge in [0.05, 0.1) is 0 Å². The molecule has 0 saturated carbocycles. The van der Waals surface area contributed by atoms with E-state index in [0.29, 0.717) is 6.61 Å². The van der Waals surface area contributed by atoms with Gasteiger partial charge in [-0.3, -0.25) is 0 Å². The summed E-state index contributed by atoms with van der Waals surface area (Å²) in [7, 11) is 0. The second kappa shape index (κ2) is 28.4. The number of hydrogen-bond donors (Lipinski definition) is 2. The van der Waals surface area contributed by atoms with Crippen molar-refractivity contribution in [3.05, 3.63) is 0 Å². The van der Waals surface area contributed by atoms with Gasteiger partial charge in [-0.25, -0.2) is 0 Å². The van der Waals surface area contributed by atoms with Crippen LogP contribution < -0.4 is 0 Å². The van der Waals surface area contributed by atoms with E-state index in [0.717, 1.165) is 6.42 Å². The van der Waals surface area contributed by atoms with Crippen LogP contribution in [0.4, 0.5) is 0 Å². The zero-order valence-electron chi connectivity index (χ0n) is 17.0. The van der Waals surface area contributed by atoms with Crippen LogP contribution >= 0.6 is 0 Å². The molecule has 0 aliphatic carbocycles. The van der Waals surface area contributed by atoms with Crippen molar-refractivity contribution < 1.29 is 31.9 Å². The minimum atomic E-state index is -0.167. The van der Waals surface area contributed by atoms with Crippen LogP contribution in [0.25, 0.3) is 0 Å². The maximum atomic E-state index is 8.67. The molecule has 24 heavy (non-hydrogen) atoms. The molecule has 0 rings (SSSR count). The summed E-state index contributed by atoms with van der Waals surface area (Å²) in [4.78, 5) is 0. The molecule has 0 aromatic rings. The molecule has 0 aromatic heterocycles. The molecule has 2 N–H and O–H groups in total. The number of rotatable bonds is 16. The van der Waals surface area contributed by atoms with Crippen molar-refractivity contribution >= 4 is 0 Å². The van der Waals surface area contributed by atoms with Crippen LogP contribution in [-0.2, 0) is 21.7 Å².